The summed E-state index contributed by atoms with van der Waals surface area (Å²) in [4.78, 5) is 7.01. The van der Waals surface area contributed by atoms with Gasteiger partial charge in [-0.15, -0.1) is 5.10 Å². The Balaban J connectivity index is 1.66. The Morgan fingerprint density at radius 1 is 1.25 bits per heavy atom. The summed E-state index contributed by atoms with van der Waals surface area (Å²) < 4.78 is 1.77. The van der Waals surface area contributed by atoms with Crippen LogP contribution < -0.4 is 10.2 Å². The Kier molecular flexibility index (Phi) is 3.04. The number of aromatic nitrogens is 3. The molecule has 6 heteroatoms. The van der Waals surface area contributed by atoms with E-state index in [-0.39, 0.29) is 0 Å². The molecule has 0 aliphatic carbocycles. The quantitative estimate of drug-likeness (QED) is 0.920. The molecule has 2 aliphatic rings. The first-order valence-corrected chi connectivity index (χ1v) is 7.71. The second-order valence-electron chi connectivity index (χ2n) is 5.67. The predicted molar refractivity (Wildman–Crippen MR) is 79.4 cm³/mol. The van der Waals surface area contributed by atoms with Crippen LogP contribution in [0.4, 0.5) is 5.95 Å². The second-order valence-corrected chi connectivity index (χ2v) is 6.10. The molecule has 2 saturated heterocycles. The molecule has 106 valence electrons. The van der Waals surface area contributed by atoms with Gasteiger partial charge in [-0.25, -0.2) is 4.52 Å². The van der Waals surface area contributed by atoms with E-state index in [1.54, 1.807) is 4.52 Å². The number of fused-ring (bicyclic) bond motifs is 1. The van der Waals surface area contributed by atoms with Gasteiger partial charge >= 0.3 is 0 Å². The summed E-state index contributed by atoms with van der Waals surface area (Å²) in [6.07, 6.45) is 6.81. The molecule has 0 radical (unpaired) electrons. The van der Waals surface area contributed by atoms with Crippen LogP contribution in [0.25, 0.3) is 5.65 Å². The van der Waals surface area contributed by atoms with Gasteiger partial charge in [-0.05, 0) is 44.4 Å². The summed E-state index contributed by atoms with van der Waals surface area (Å²) in [5.41, 5.74) is 0.856. The van der Waals surface area contributed by atoms with Crippen molar-refractivity contribution in [2.45, 2.75) is 37.8 Å². The van der Waals surface area contributed by atoms with Gasteiger partial charge in [0, 0.05) is 24.8 Å². The third-order valence-corrected chi connectivity index (χ3v) is 4.63. The maximum Gasteiger partial charge on any atom is 0.245 e. The molecule has 0 spiro atoms. The maximum absolute atomic E-state index is 6.01. The van der Waals surface area contributed by atoms with Crippen LogP contribution in [-0.2, 0) is 0 Å². The molecule has 2 aromatic heterocycles. The minimum Gasteiger partial charge on any atom is -0.335 e. The fourth-order valence-corrected chi connectivity index (χ4v) is 3.62. The molecule has 2 atom stereocenters. The van der Waals surface area contributed by atoms with Gasteiger partial charge < -0.3 is 10.2 Å². The fourth-order valence-electron chi connectivity index (χ4n) is 3.47. The van der Waals surface area contributed by atoms with Crippen LogP contribution in [0.3, 0.4) is 0 Å². The maximum atomic E-state index is 6.01. The van der Waals surface area contributed by atoms with Crippen LogP contribution >= 0.6 is 11.6 Å². The number of nitrogens with zero attached hydrogens (tertiary/aromatic N) is 4. The van der Waals surface area contributed by atoms with Crippen molar-refractivity contribution in [3.8, 4) is 0 Å². The molecule has 4 rings (SSSR count). The van der Waals surface area contributed by atoms with Gasteiger partial charge in [-0.2, -0.15) is 4.98 Å². The van der Waals surface area contributed by atoms with E-state index in [0.29, 0.717) is 17.1 Å². The van der Waals surface area contributed by atoms with Gasteiger partial charge in [0.05, 0.1) is 5.02 Å². The number of halogens is 1. The normalized spacial score (nSPS) is 26.8. The number of rotatable bonds is 2. The summed E-state index contributed by atoms with van der Waals surface area (Å²) in [6, 6.07) is 4.89. The van der Waals surface area contributed by atoms with E-state index in [1.807, 2.05) is 18.3 Å². The average Bonchev–Trinajstić information content (AvgIpc) is 3.17. The molecule has 5 nitrogen and oxygen atoms in total. The average molecular weight is 292 g/mol. The molecule has 4 heterocycles. The summed E-state index contributed by atoms with van der Waals surface area (Å²) in [7, 11) is 0. The van der Waals surface area contributed by atoms with Crippen molar-refractivity contribution in [2.24, 2.45) is 0 Å². The zero-order chi connectivity index (χ0) is 13.5. The predicted octanol–water partition coefficient (Wildman–Crippen LogP) is 2.10. The van der Waals surface area contributed by atoms with Crippen LogP contribution in [0.1, 0.15) is 25.7 Å². The molecule has 0 amide bonds. The highest BCUT2D eigenvalue weighted by Crippen LogP contribution is 2.28. The molecule has 1 N–H and O–H groups in total. The van der Waals surface area contributed by atoms with Gasteiger partial charge in [-0.3, -0.25) is 0 Å². The topological polar surface area (TPSA) is 45.5 Å². The molecule has 2 aliphatic heterocycles. The minimum absolute atomic E-state index is 0.533. The van der Waals surface area contributed by atoms with Gasteiger partial charge in [0.1, 0.15) is 0 Å². The third kappa shape index (κ3) is 2.05. The minimum atomic E-state index is 0.533. The monoisotopic (exact) mass is 291 g/mol. The summed E-state index contributed by atoms with van der Waals surface area (Å²) in [6.45, 7) is 2.19. The van der Waals surface area contributed by atoms with Crippen molar-refractivity contribution in [1.29, 1.82) is 0 Å². The van der Waals surface area contributed by atoms with Crippen molar-refractivity contribution in [3.63, 3.8) is 0 Å². The third-order valence-electron chi connectivity index (χ3n) is 4.40. The lowest BCUT2D eigenvalue weighted by Gasteiger charge is -2.28. The Morgan fingerprint density at radius 3 is 3.05 bits per heavy atom. The van der Waals surface area contributed by atoms with Crippen LogP contribution in [0.15, 0.2) is 18.3 Å². The Hall–Kier alpha value is -1.33. The SMILES string of the molecule is Clc1ccc2nc(N3CCCC3C3CCCN3)nn2c1. The number of hydrogen-bond acceptors (Lipinski definition) is 4. The molecular weight excluding hydrogens is 274 g/mol. The van der Waals surface area contributed by atoms with E-state index in [9.17, 15) is 0 Å². The molecule has 0 saturated carbocycles. The molecule has 0 bridgehead atoms. The van der Waals surface area contributed by atoms with E-state index in [0.717, 1.165) is 24.7 Å². The number of hydrogen-bond donors (Lipinski definition) is 1. The first-order valence-electron chi connectivity index (χ1n) is 7.33. The summed E-state index contributed by atoms with van der Waals surface area (Å²) in [5.74, 6) is 0.837. The van der Waals surface area contributed by atoms with Crippen LogP contribution in [0.5, 0.6) is 0 Å². The first kappa shape index (κ1) is 12.4. The van der Waals surface area contributed by atoms with Crippen LogP contribution in [-0.4, -0.2) is 39.8 Å². The van der Waals surface area contributed by atoms with Gasteiger partial charge in [0.15, 0.2) is 5.65 Å². The van der Waals surface area contributed by atoms with Crippen molar-refractivity contribution in [1.82, 2.24) is 19.9 Å². The zero-order valence-electron chi connectivity index (χ0n) is 11.3. The Bertz CT molecular complexity index is 619. The standard InChI is InChI=1S/C14H18ClN5/c15-10-5-6-13-17-14(18-20(13)9-10)19-8-2-4-12(19)11-3-1-7-16-11/h5-6,9,11-12,16H,1-4,7-8H2. The lowest BCUT2D eigenvalue weighted by molar-refractivity contribution is 0.479. The Morgan fingerprint density at radius 2 is 2.20 bits per heavy atom. The lowest BCUT2D eigenvalue weighted by atomic mass is 10.0. The van der Waals surface area contributed by atoms with Crippen molar-refractivity contribution in [2.75, 3.05) is 18.0 Å². The molecule has 2 aromatic rings. The van der Waals surface area contributed by atoms with Crippen molar-refractivity contribution >= 4 is 23.2 Å². The summed E-state index contributed by atoms with van der Waals surface area (Å²) >= 11 is 6.01. The smallest absolute Gasteiger partial charge is 0.245 e. The van der Waals surface area contributed by atoms with Crippen molar-refractivity contribution < 1.29 is 0 Å². The molecule has 20 heavy (non-hydrogen) atoms. The van der Waals surface area contributed by atoms with Gasteiger partial charge in [0.25, 0.3) is 0 Å². The van der Waals surface area contributed by atoms with E-state index in [1.165, 1.54) is 25.7 Å². The molecule has 2 fully saturated rings. The molecule has 0 aromatic carbocycles. The van der Waals surface area contributed by atoms with Gasteiger partial charge in [0.2, 0.25) is 5.95 Å². The van der Waals surface area contributed by atoms with Crippen LogP contribution in [0.2, 0.25) is 5.02 Å². The highest BCUT2D eigenvalue weighted by atomic mass is 35.5. The van der Waals surface area contributed by atoms with Crippen LogP contribution in [0, 0.1) is 0 Å². The zero-order valence-corrected chi connectivity index (χ0v) is 12.1. The first-order chi connectivity index (χ1) is 9.81. The number of anilines is 1. The second kappa shape index (κ2) is 4.90. The number of nitrogens with one attached hydrogen (secondary N) is 1. The van der Waals surface area contributed by atoms with Gasteiger partial charge in [-0.1, -0.05) is 11.6 Å². The largest absolute Gasteiger partial charge is 0.335 e. The summed E-state index contributed by atoms with van der Waals surface area (Å²) in [5, 5.41) is 8.90. The number of pyridine rings is 1. The van der Waals surface area contributed by atoms with Crippen molar-refractivity contribution in [3.05, 3.63) is 23.4 Å². The fraction of sp³-hybridized carbons (Fsp3) is 0.571. The highest BCUT2D eigenvalue weighted by Gasteiger charge is 2.35. The molecular formula is C14H18ClN5. The van der Waals surface area contributed by atoms with E-state index in [4.69, 9.17) is 11.6 Å². The van der Waals surface area contributed by atoms with E-state index < -0.39 is 0 Å². The lowest BCUT2D eigenvalue weighted by Crippen LogP contribution is -2.44. The molecule has 2 unspecified atom stereocenters. The highest BCUT2D eigenvalue weighted by molar-refractivity contribution is 6.30. The van der Waals surface area contributed by atoms with E-state index >= 15 is 0 Å². The Labute approximate surface area is 122 Å². The van der Waals surface area contributed by atoms with E-state index in [2.05, 4.69) is 20.3 Å².